The molecule has 7 heteroatoms. The fourth-order valence-electron chi connectivity index (χ4n) is 2.89. The van der Waals surface area contributed by atoms with E-state index in [-0.39, 0.29) is 10.9 Å². The predicted molar refractivity (Wildman–Crippen MR) is 91.3 cm³/mol. The van der Waals surface area contributed by atoms with Crippen LogP contribution in [-0.2, 0) is 16.6 Å². The van der Waals surface area contributed by atoms with Gasteiger partial charge in [0.05, 0.1) is 12.9 Å². The van der Waals surface area contributed by atoms with Gasteiger partial charge in [0.2, 0.25) is 0 Å². The molecular weight excluding hydrogens is 326 g/mol. The van der Waals surface area contributed by atoms with Gasteiger partial charge in [-0.05, 0) is 31.9 Å². The minimum absolute atomic E-state index is 0.133. The van der Waals surface area contributed by atoms with Crippen LogP contribution in [0.2, 0.25) is 0 Å². The van der Waals surface area contributed by atoms with E-state index in [2.05, 4.69) is 4.98 Å². The summed E-state index contributed by atoms with van der Waals surface area (Å²) in [4.78, 5) is 4.05. The van der Waals surface area contributed by atoms with Crippen LogP contribution in [0.3, 0.4) is 0 Å². The van der Waals surface area contributed by atoms with E-state index < -0.39 is 10.0 Å². The van der Waals surface area contributed by atoms with E-state index in [1.165, 1.54) is 4.31 Å². The van der Waals surface area contributed by atoms with Crippen molar-refractivity contribution in [1.29, 1.82) is 0 Å². The first-order valence-electron chi connectivity index (χ1n) is 8.29. The molecule has 1 aromatic heterocycles. The average Bonchev–Trinajstić information content (AvgIpc) is 3.11. The highest BCUT2D eigenvalue weighted by atomic mass is 32.2. The fourth-order valence-corrected chi connectivity index (χ4v) is 4.38. The predicted octanol–water partition coefficient (Wildman–Crippen LogP) is 2.38. The molecule has 0 radical (unpaired) electrons. The van der Waals surface area contributed by atoms with Crippen LogP contribution in [-0.4, -0.2) is 42.0 Å². The van der Waals surface area contributed by atoms with Gasteiger partial charge in [-0.2, -0.15) is 4.31 Å². The molecule has 1 fully saturated rings. The average molecular weight is 349 g/mol. The molecule has 0 unspecified atom stereocenters. The van der Waals surface area contributed by atoms with Crippen LogP contribution in [0, 0.1) is 5.92 Å². The molecule has 1 saturated heterocycles. The molecule has 24 heavy (non-hydrogen) atoms. The summed E-state index contributed by atoms with van der Waals surface area (Å²) in [7, 11) is -3.52. The lowest BCUT2D eigenvalue weighted by Gasteiger charge is -2.31. The summed E-state index contributed by atoms with van der Waals surface area (Å²) < 4.78 is 34.6. The Labute approximate surface area is 143 Å². The van der Waals surface area contributed by atoms with E-state index in [1.54, 1.807) is 17.1 Å². The number of nitrogens with zero attached hydrogens (tertiary/aromatic N) is 3. The third-order valence-corrected chi connectivity index (χ3v) is 6.04. The number of aromatic nitrogens is 2. The number of sulfonamides is 1. The number of ether oxygens (including phenoxy) is 1. The molecular formula is C17H23N3O3S. The lowest BCUT2D eigenvalue weighted by atomic mass is 10.0. The molecule has 0 N–H and O–H groups in total. The number of rotatable bonds is 6. The van der Waals surface area contributed by atoms with Crippen molar-refractivity contribution in [1.82, 2.24) is 13.9 Å². The number of imidazole rings is 1. The number of piperidine rings is 1. The molecule has 1 aromatic carbocycles. The Balaban J connectivity index is 1.64. The highest BCUT2D eigenvalue weighted by Gasteiger charge is 2.32. The maximum atomic E-state index is 12.7. The molecule has 6 nitrogen and oxygen atoms in total. The van der Waals surface area contributed by atoms with Crippen molar-refractivity contribution in [3.8, 4) is 5.75 Å². The third-order valence-electron chi connectivity index (χ3n) is 4.29. The zero-order valence-electron chi connectivity index (χ0n) is 13.8. The number of para-hydroxylation sites is 1. The van der Waals surface area contributed by atoms with Gasteiger partial charge in [0.25, 0.3) is 10.0 Å². The fraction of sp³-hybridized carbons (Fsp3) is 0.471. The van der Waals surface area contributed by atoms with Gasteiger partial charge in [0.15, 0.2) is 5.03 Å². The topological polar surface area (TPSA) is 64.4 Å². The first-order chi connectivity index (χ1) is 11.6. The lowest BCUT2D eigenvalue weighted by molar-refractivity contribution is 0.180. The van der Waals surface area contributed by atoms with E-state index in [0.29, 0.717) is 26.2 Å². The quantitative estimate of drug-likeness (QED) is 0.803. The van der Waals surface area contributed by atoms with Gasteiger partial charge in [-0.15, -0.1) is 0 Å². The minimum Gasteiger partial charge on any atom is -0.493 e. The van der Waals surface area contributed by atoms with E-state index >= 15 is 0 Å². The second-order valence-corrected chi connectivity index (χ2v) is 7.92. The zero-order valence-corrected chi connectivity index (χ0v) is 14.7. The molecule has 0 amide bonds. The van der Waals surface area contributed by atoms with Gasteiger partial charge in [-0.1, -0.05) is 18.2 Å². The van der Waals surface area contributed by atoms with E-state index in [0.717, 1.165) is 18.6 Å². The monoisotopic (exact) mass is 349 g/mol. The Bertz CT molecular complexity index is 758. The van der Waals surface area contributed by atoms with Crippen LogP contribution in [0.25, 0.3) is 0 Å². The van der Waals surface area contributed by atoms with Crippen LogP contribution in [0.15, 0.2) is 47.9 Å². The van der Waals surface area contributed by atoms with Crippen LogP contribution < -0.4 is 4.74 Å². The molecule has 130 valence electrons. The molecule has 0 aliphatic carbocycles. The van der Waals surface area contributed by atoms with Gasteiger partial charge in [0, 0.05) is 31.7 Å². The van der Waals surface area contributed by atoms with Crippen molar-refractivity contribution in [3.63, 3.8) is 0 Å². The summed E-state index contributed by atoms with van der Waals surface area (Å²) in [6, 6.07) is 9.62. The van der Waals surface area contributed by atoms with Crippen LogP contribution >= 0.6 is 0 Å². The number of benzene rings is 1. The SMILES string of the molecule is CCn1cnc(S(=O)(=O)N2CCC[C@H](COc3ccccc3)C2)c1. The Morgan fingerprint density at radius 1 is 1.29 bits per heavy atom. The Morgan fingerprint density at radius 2 is 2.08 bits per heavy atom. The largest absolute Gasteiger partial charge is 0.493 e. The Kier molecular flexibility index (Phi) is 5.20. The van der Waals surface area contributed by atoms with Crippen molar-refractivity contribution >= 4 is 10.0 Å². The highest BCUT2D eigenvalue weighted by molar-refractivity contribution is 7.89. The molecule has 1 aliphatic rings. The third kappa shape index (κ3) is 3.79. The van der Waals surface area contributed by atoms with Crippen LogP contribution in [0.4, 0.5) is 0 Å². The van der Waals surface area contributed by atoms with Crippen molar-refractivity contribution in [2.45, 2.75) is 31.3 Å². The standard InChI is InChI=1S/C17H23N3O3S/c1-2-19-12-17(18-14-19)24(21,22)20-10-6-7-15(11-20)13-23-16-8-4-3-5-9-16/h3-5,8-9,12,14-15H,2,6-7,10-11,13H2,1H3/t15-/m0/s1. The Morgan fingerprint density at radius 3 is 2.79 bits per heavy atom. The van der Waals surface area contributed by atoms with Crippen molar-refractivity contribution < 1.29 is 13.2 Å². The first-order valence-corrected chi connectivity index (χ1v) is 9.73. The number of hydrogen-bond acceptors (Lipinski definition) is 4. The summed E-state index contributed by atoms with van der Waals surface area (Å²) in [6.07, 6.45) is 4.98. The molecule has 0 bridgehead atoms. The van der Waals surface area contributed by atoms with Gasteiger partial charge < -0.3 is 9.30 Å². The second-order valence-electron chi connectivity index (χ2n) is 6.04. The van der Waals surface area contributed by atoms with Gasteiger partial charge in [-0.3, -0.25) is 0 Å². The van der Waals surface area contributed by atoms with Crippen LogP contribution in [0.5, 0.6) is 5.75 Å². The molecule has 1 aliphatic heterocycles. The summed E-state index contributed by atoms with van der Waals surface area (Å²) in [5.74, 6) is 1.01. The molecule has 2 heterocycles. The normalized spacial score (nSPS) is 19.3. The smallest absolute Gasteiger partial charge is 0.262 e. The van der Waals surface area contributed by atoms with E-state index in [9.17, 15) is 8.42 Å². The lowest BCUT2D eigenvalue weighted by Crippen LogP contribution is -2.41. The van der Waals surface area contributed by atoms with E-state index in [4.69, 9.17) is 4.74 Å². The van der Waals surface area contributed by atoms with Crippen molar-refractivity contribution in [2.24, 2.45) is 5.92 Å². The minimum atomic E-state index is -3.52. The highest BCUT2D eigenvalue weighted by Crippen LogP contribution is 2.23. The molecule has 0 spiro atoms. The molecule has 2 aromatic rings. The van der Waals surface area contributed by atoms with Crippen LogP contribution in [0.1, 0.15) is 19.8 Å². The van der Waals surface area contributed by atoms with Crippen molar-refractivity contribution in [2.75, 3.05) is 19.7 Å². The van der Waals surface area contributed by atoms with Gasteiger partial charge in [0.1, 0.15) is 5.75 Å². The van der Waals surface area contributed by atoms with E-state index in [1.807, 2.05) is 37.3 Å². The summed E-state index contributed by atoms with van der Waals surface area (Å²) in [5.41, 5.74) is 0. The Hall–Kier alpha value is -1.86. The maximum Gasteiger partial charge on any atom is 0.262 e. The maximum absolute atomic E-state index is 12.7. The second kappa shape index (κ2) is 7.36. The molecule has 3 rings (SSSR count). The van der Waals surface area contributed by atoms with Gasteiger partial charge >= 0.3 is 0 Å². The number of aryl methyl sites for hydroxylation is 1. The summed E-state index contributed by atoms with van der Waals surface area (Å²) in [6.45, 7) is 4.21. The molecule has 0 saturated carbocycles. The first kappa shape index (κ1) is 17.0. The zero-order chi connectivity index (χ0) is 17.0. The summed E-state index contributed by atoms with van der Waals surface area (Å²) in [5, 5.41) is 0.133. The van der Waals surface area contributed by atoms with Crippen molar-refractivity contribution in [3.05, 3.63) is 42.9 Å². The summed E-state index contributed by atoms with van der Waals surface area (Å²) >= 11 is 0. The molecule has 1 atom stereocenters. The van der Waals surface area contributed by atoms with Gasteiger partial charge in [-0.25, -0.2) is 13.4 Å². The number of hydrogen-bond donors (Lipinski definition) is 0.